The lowest BCUT2D eigenvalue weighted by Crippen LogP contribution is -2.53. The first kappa shape index (κ1) is 18.2. The summed E-state index contributed by atoms with van der Waals surface area (Å²) in [4.78, 5) is 11.9. The van der Waals surface area contributed by atoms with Crippen LogP contribution in [0.2, 0.25) is 0 Å². The van der Waals surface area contributed by atoms with Gasteiger partial charge in [0, 0.05) is 0 Å². The average molecular weight is 312 g/mol. The first-order valence-electron chi connectivity index (χ1n) is 7.48. The molecule has 0 aliphatic rings. The number of aliphatic hydroxyl groups is 1. The molecule has 0 heterocycles. The summed E-state index contributed by atoms with van der Waals surface area (Å²) in [5.41, 5.74) is -0.644. The van der Waals surface area contributed by atoms with Crippen LogP contribution in [0.1, 0.15) is 33.6 Å². The van der Waals surface area contributed by atoms with Crippen LogP contribution in [0.15, 0.2) is 24.3 Å². The molecule has 6 heteroatoms. The molecule has 1 aromatic rings. The quantitative estimate of drug-likeness (QED) is 0.690. The Labute approximate surface area is 130 Å². The fraction of sp³-hybridized carbons (Fsp3) is 0.562. The third-order valence-corrected chi connectivity index (χ3v) is 3.28. The molecular formula is C16H25FN2O3. The van der Waals surface area contributed by atoms with E-state index in [9.17, 15) is 14.3 Å². The van der Waals surface area contributed by atoms with Gasteiger partial charge in [-0.05, 0) is 32.4 Å². The summed E-state index contributed by atoms with van der Waals surface area (Å²) >= 11 is 0. The minimum Gasteiger partial charge on any atom is -0.486 e. The third-order valence-electron chi connectivity index (χ3n) is 3.28. The zero-order chi connectivity index (χ0) is 16.6. The standard InChI is InChI=1S/C16H25FN2O3/c1-4-9-16(3,11-20)19-15(21)18-10-12(2)22-14-8-6-5-7-13(14)17/h5-8,12,20H,4,9-11H2,1-3H3,(H2,18,19,21). The van der Waals surface area contributed by atoms with E-state index >= 15 is 0 Å². The normalized spacial score (nSPS) is 14.8. The van der Waals surface area contributed by atoms with Crippen molar-refractivity contribution in [3.8, 4) is 5.75 Å². The van der Waals surface area contributed by atoms with Gasteiger partial charge >= 0.3 is 6.03 Å². The number of para-hydroxylation sites is 1. The predicted molar refractivity (Wildman–Crippen MR) is 83.4 cm³/mol. The van der Waals surface area contributed by atoms with Crippen molar-refractivity contribution >= 4 is 6.03 Å². The van der Waals surface area contributed by atoms with Crippen LogP contribution in [0, 0.1) is 5.82 Å². The van der Waals surface area contributed by atoms with E-state index in [4.69, 9.17) is 4.74 Å². The first-order chi connectivity index (χ1) is 10.4. The van der Waals surface area contributed by atoms with Crippen LogP contribution in [0.3, 0.4) is 0 Å². The molecule has 5 nitrogen and oxygen atoms in total. The van der Waals surface area contributed by atoms with Crippen molar-refractivity contribution < 1.29 is 19.0 Å². The average Bonchev–Trinajstić information content (AvgIpc) is 2.48. The highest BCUT2D eigenvalue weighted by molar-refractivity contribution is 5.74. The Morgan fingerprint density at radius 1 is 1.45 bits per heavy atom. The smallest absolute Gasteiger partial charge is 0.315 e. The number of ether oxygens (including phenoxy) is 1. The molecular weight excluding hydrogens is 287 g/mol. The summed E-state index contributed by atoms with van der Waals surface area (Å²) in [6.07, 6.45) is 1.15. The Kier molecular flexibility index (Phi) is 7.11. The second-order valence-electron chi connectivity index (χ2n) is 5.66. The minimum absolute atomic E-state index is 0.129. The predicted octanol–water partition coefficient (Wildman–Crippen LogP) is 2.44. The Morgan fingerprint density at radius 2 is 2.14 bits per heavy atom. The number of aliphatic hydroxyl groups excluding tert-OH is 1. The lowest BCUT2D eigenvalue weighted by molar-refractivity contribution is 0.159. The number of urea groups is 1. The van der Waals surface area contributed by atoms with E-state index < -0.39 is 11.4 Å². The van der Waals surface area contributed by atoms with Gasteiger partial charge in [-0.1, -0.05) is 25.5 Å². The van der Waals surface area contributed by atoms with Gasteiger partial charge in [0.2, 0.25) is 0 Å². The van der Waals surface area contributed by atoms with Crippen LogP contribution >= 0.6 is 0 Å². The van der Waals surface area contributed by atoms with Crippen LogP contribution in [0.25, 0.3) is 0 Å². The van der Waals surface area contributed by atoms with E-state index in [1.165, 1.54) is 12.1 Å². The summed E-state index contributed by atoms with van der Waals surface area (Å²) in [5, 5.41) is 14.8. The molecule has 2 unspecified atom stereocenters. The number of halogens is 1. The molecule has 0 saturated carbocycles. The van der Waals surface area contributed by atoms with Gasteiger partial charge < -0.3 is 20.5 Å². The molecule has 3 N–H and O–H groups in total. The van der Waals surface area contributed by atoms with Gasteiger partial charge in [0.1, 0.15) is 6.10 Å². The summed E-state index contributed by atoms with van der Waals surface area (Å²) in [5.74, 6) is -0.280. The van der Waals surface area contributed by atoms with Crippen LogP contribution in [0.5, 0.6) is 5.75 Å². The van der Waals surface area contributed by atoms with Gasteiger partial charge in [0.25, 0.3) is 0 Å². The highest BCUT2D eigenvalue weighted by atomic mass is 19.1. The number of nitrogens with one attached hydrogen (secondary N) is 2. The van der Waals surface area contributed by atoms with Gasteiger partial charge in [0.05, 0.1) is 18.7 Å². The molecule has 2 amide bonds. The highest BCUT2D eigenvalue weighted by Gasteiger charge is 2.24. The summed E-state index contributed by atoms with van der Waals surface area (Å²) in [6.45, 7) is 5.61. The molecule has 0 spiro atoms. The maximum atomic E-state index is 13.4. The fourth-order valence-electron chi connectivity index (χ4n) is 2.09. The van der Waals surface area contributed by atoms with E-state index in [0.29, 0.717) is 6.42 Å². The van der Waals surface area contributed by atoms with Gasteiger partial charge in [-0.3, -0.25) is 0 Å². The Hall–Kier alpha value is -1.82. The lowest BCUT2D eigenvalue weighted by Gasteiger charge is -2.28. The Morgan fingerprint density at radius 3 is 2.73 bits per heavy atom. The second-order valence-corrected chi connectivity index (χ2v) is 5.66. The van der Waals surface area contributed by atoms with Crippen molar-refractivity contribution in [2.24, 2.45) is 0 Å². The summed E-state index contributed by atoms with van der Waals surface area (Å²) in [7, 11) is 0. The number of hydrogen-bond acceptors (Lipinski definition) is 3. The number of rotatable bonds is 8. The summed E-state index contributed by atoms with van der Waals surface area (Å²) < 4.78 is 18.9. The van der Waals surface area contributed by atoms with Crippen LogP contribution < -0.4 is 15.4 Å². The second kappa shape index (κ2) is 8.58. The first-order valence-corrected chi connectivity index (χ1v) is 7.48. The molecule has 0 bridgehead atoms. The number of benzene rings is 1. The Bertz CT molecular complexity index is 484. The number of amides is 2. The number of carbonyl (C=O) groups excluding carboxylic acids is 1. The lowest BCUT2D eigenvalue weighted by atomic mass is 9.98. The largest absolute Gasteiger partial charge is 0.486 e. The highest BCUT2D eigenvalue weighted by Crippen LogP contribution is 2.16. The molecule has 0 saturated heterocycles. The van der Waals surface area contributed by atoms with E-state index in [1.54, 1.807) is 26.0 Å². The molecule has 22 heavy (non-hydrogen) atoms. The monoisotopic (exact) mass is 312 g/mol. The molecule has 1 rings (SSSR count). The third kappa shape index (κ3) is 5.89. The van der Waals surface area contributed by atoms with Crippen molar-refractivity contribution in [2.75, 3.05) is 13.2 Å². The van der Waals surface area contributed by atoms with E-state index in [0.717, 1.165) is 6.42 Å². The van der Waals surface area contributed by atoms with Gasteiger partial charge in [-0.15, -0.1) is 0 Å². The van der Waals surface area contributed by atoms with Gasteiger partial charge in [-0.25, -0.2) is 9.18 Å². The van der Waals surface area contributed by atoms with Crippen molar-refractivity contribution in [1.82, 2.24) is 10.6 Å². The van der Waals surface area contributed by atoms with Crippen LogP contribution in [-0.2, 0) is 0 Å². The topological polar surface area (TPSA) is 70.6 Å². The molecule has 0 aliphatic carbocycles. The zero-order valence-corrected chi connectivity index (χ0v) is 13.4. The van der Waals surface area contributed by atoms with E-state index in [1.807, 2.05) is 6.92 Å². The van der Waals surface area contributed by atoms with Crippen molar-refractivity contribution in [2.45, 2.75) is 45.3 Å². The van der Waals surface area contributed by atoms with Crippen molar-refractivity contribution in [3.05, 3.63) is 30.1 Å². The van der Waals surface area contributed by atoms with Crippen LogP contribution in [0.4, 0.5) is 9.18 Å². The zero-order valence-electron chi connectivity index (χ0n) is 13.4. The molecule has 1 aromatic carbocycles. The Balaban J connectivity index is 2.42. The summed E-state index contributed by atoms with van der Waals surface area (Å²) in [6, 6.07) is 5.74. The number of carbonyl (C=O) groups is 1. The molecule has 0 aliphatic heterocycles. The van der Waals surface area contributed by atoms with Crippen LogP contribution in [-0.4, -0.2) is 35.9 Å². The van der Waals surface area contributed by atoms with Crippen molar-refractivity contribution in [1.29, 1.82) is 0 Å². The van der Waals surface area contributed by atoms with E-state index in [2.05, 4.69) is 10.6 Å². The molecule has 0 fully saturated rings. The van der Waals surface area contributed by atoms with Crippen molar-refractivity contribution in [3.63, 3.8) is 0 Å². The fourth-order valence-corrected chi connectivity index (χ4v) is 2.09. The minimum atomic E-state index is -0.644. The van der Waals surface area contributed by atoms with Gasteiger partial charge in [0.15, 0.2) is 11.6 Å². The van der Waals surface area contributed by atoms with Gasteiger partial charge in [-0.2, -0.15) is 0 Å². The maximum Gasteiger partial charge on any atom is 0.315 e. The maximum absolute atomic E-state index is 13.4. The molecule has 0 radical (unpaired) electrons. The molecule has 124 valence electrons. The SMILES string of the molecule is CCCC(C)(CO)NC(=O)NCC(C)Oc1ccccc1F. The van der Waals surface area contributed by atoms with E-state index in [-0.39, 0.29) is 31.0 Å². The number of hydrogen-bond donors (Lipinski definition) is 3. The molecule has 0 aromatic heterocycles. The molecule has 2 atom stereocenters.